The third kappa shape index (κ3) is 8.18. The van der Waals surface area contributed by atoms with Gasteiger partial charge >= 0.3 is 5.97 Å². The fourth-order valence-corrected chi connectivity index (χ4v) is 2.49. The molecule has 148 valence electrons. The quantitative estimate of drug-likeness (QED) is 0.492. The molecule has 0 saturated heterocycles. The van der Waals surface area contributed by atoms with Crippen LogP contribution in [-0.4, -0.2) is 23.6 Å². The highest BCUT2D eigenvalue weighted by molar-refractivity contribution is 7.80. The van der Waals surface area contributed by atoms with Crippen LogP contribution in [0.2, 0.25) is 0 Å². The Bertz CT molecular complexity index is 796. The summed E-state index contributed by atoms with van der Waals surface area (Å²) in [6.07, 6.45) is 0.794. The molecule has 0 atom stereocenters. The molecule has 0 spiro atoms. The second-order valence-electron chi connectivity index (χ2n) is 6.02. The molecule has 0 unspecified atom stereocenters. The number of carbonyl (C=O) groups excluding carboxylic acids is 2. The molecule has 2 N–H and O–H groups in total. The predicted octanol–water partition coefficient (Wildman–Crippen LogP) is 3.81. The molecule has 0 heterocycles. The van der Waals surface area contributed by atoms with Gasteiger partial charge in [-0.1, -0.05) is 43.3 Å². The van der Waals surface area contributed by atoms with Crippen LogP contribution in [0, 0.1) is 0 Å². The van der Waals surface area contributed by atoms with Crippen LogP contribution >= 0.6 is 12.2 Å². The first kappa shape index (κ1) is 21.4. The van der Waals surface area contributed by atoms with E-state index in [1.807, 2.05) is 55.5 Å². The van der Waals surface area contributed by atoms with Crippen molar-refractivity contribution in [1.82, 2.24) is 5.32 Å². The summed E-state index contributed by atoms with van der Waals surface area (Å²) in [5.41, 5.74) is 1.76. The van der Waals surface area contributed by atoms with Crippen LogP contribution in [0.5, 0.6) is 5.75 Å². The Kier molecular flexibility index (Phi) is 8.94. The van der Waals surface area contributed by atoms with E-state index >= 15 is 0 Å². The summed E-state index contributed by atoms with van der Waals surface area (Å²) >= 11 is 5.15. The van der Waals surface area contributed by atoms with E-state index in [0.29, 0.717) is 24.7 Å². The third-order valence-corrected chi connectivity index (χ3v) is 3.82. The van der Waals surface area contributed by atoms with Gasteiger partial charge in [0.15, 0.2) is 5.11 Å². The van der Waals surface area contributed by atoms with E-state index in [2.05, 4.69) is 10.6 Å². The van der Waals surface area contributed by atoms with Crippen LogP contribution in [0.4, 0.5) is 5.69 Å². The summed E-state index contributed by atoms with van der Waals surface area (Å²) in [5.74, 6) is -0.0526. The number of hydrogen-bond donors (Lipinski definition) is 2. The summed E-state index contributed by atoms with van der Waals surface area (Å²) in [5, 5.41) is 5.65. The highest BCUT2D eigenvalue weighted by Crippen LogP contribution is 2.18. The smallest absolute Gasteiger partial charge is 0.306 e. The van der Waals surface area contributed by atoms with Gasteiger partial charge in [0.2, 0.25) is 5.91 Å². The van der Waals surface area contributed by atoms with Gasteiger partial charge in [-0.2, -0.15) is 0 Å². The molecule has 0 aliphatic heterocycles. The Morgan fingerprint density at radius 1 is 1.04 bits per heavy atom. The van der Waals surface area contributed by atoms with Crippen LogP contribution in [0.3, 0.4) is 0 Å². The molecule has 0 fully saturated rings. The zero-order valence-electron chi connectivity index (χ0n) is 15.8. The first-order chi connectivity index (χ1) is 13.6. The summed E-state index contributed by atoms with van der Waals surface area (Å²) < 4.78 is 10.7. The fourth-order valence-electron chi connectivity index (χ4n) is 2.26. The van der Waals surface area contributed by atoms with Gasteiger partial charge in [-0.05, 0) is 36.3 Å². The molecule has 2 aromatic carbocycles. The largest absolute Gasteiger partial charge is 0.489 e. The lowest BCUT2D eigenvalue weighted by molar-refractivity contribution is -0.144. The van der Waals surface area contributed by atoms with Crippen LogP contribution in [-0.2, 0) is 20.9 Å². The van der Waals surface area contributed by atoms with Crippen molar-refractivity contribution in [2.24, 2.45) is 0 Å². The molecular formula is C21H24N2O4S. The maximum atomic E-state index is 11.9. The number of benzene rings is 2. The molecule has 28 heavy (non-hydrogen) atoms. The van der Waals surface area contributed by atoms with Gasteiger partial charge in [0.05, 0.1) is 13.0 Å². The van der Waals surface area contributed by atoms with Crippen molar-refractivity contribution in [2.45, 2.75) is 32.8 Å². The number of carbonyl (C=O) groups is 2. The van der Waals surface area contributed by atoms with Gasteiger partial charge in [-0.25, -0.2) is 0 Å². The molecule has 2 aromatic rings. The van der Waals surface area contributed by atoms with E-state index in [9.17, 15) is 9.59 Å². The molecule has 0 saturated carbocycles. The van der Waals surface area contributed by atoms with Gasteiger partial charge in [-0.15, -0.1) is 0 Å². The summed E-state index contributed by atoms with van der Waals surface area (Å²) in [4.78, 5) is 23.3. The monoisotopic (exact) mass is 400 g/mol. The van der Waals surface area contributed by atoms with Crippen LogP contribution < -0.4 is 15.4 Å². The number of amides is 1. The number of thiocarbonyl (C=S) groups is 1. The van der Waals surface area contributed by atoms with Crippen molar-refractivity contribution in [3.05, 3.63) is 60.2 Å². The summed E-state index contributed by atoms with van der Waals surface area (Å²) in [6.45, 7) is 2.73. The van der Waals surface area contributed by atoms with Crippen LogP contribution in [0.1, 0.15) is 31.7 Å². The average Bonchev–Trinajstić information content (AvgIpc) is 2.70. The van der Waals surface area contributed by atoms with E-state index in [-0.39, 0.29) is 29.8 Å². The van der Waals surface area contributed by atoms with E-state index < -0.39 is 0 Å². The van der Waals surface area contributed by atoms with E-state index in [0.717, 1.165) is 12.0 Å². The molecule has 0 aliphatic carbocycles. The number of hydrogen-bond acceptors (Lipinski definition) is 5. The van der Waals surface area contributed by atoms with E-state index in [1.165, 1.54) is 0 Å². The van der Waals surface area contributed by atoms with Gasteiger partial charge < -0.3 is 20.1 Å². The van der Waals surface area contributed by atoms with Gasteiger partial charge in [-0.3, -0.25) is 9.59 Å². The number of rotatable bonds is 9. The minimum Gasteiger partial charge on any atom is -0.489 e. The highest BCUT2D eigenvalue weighted by atomic mass is 32.1. The first-order valence-electron chi connectivity index (χ1n) is 9.10. The topological polar surface area (TPSA) is 76.7 Å². The molecule has 6 nitrogen and oxygen atoms in total. The van der Waals surface area contributed by atoms with Crippen molar-refractivity contribution < 1.29 is 19.1 Å². The molecule has 1 amide bonds. The van der Waals surface area contributed by atoms with Gasteiger partial charge in [0.1, 0.15) is 12.4 Å². The zero-order valence-corrected chi connectivity index (χ0v) is 16.6. The molecule has 7 heteroatoms. The lowest BCUT2D eigenvalue weighted by Crippen LogP contribution is -2.34. The van der Waals surface area contributed by atoms with Crippen molar-refractivity contribution in [3.63, 3.8) is 0 Å². The van der Waals surface area contributed by atoms with Gasteiger partial charge in [0, 0.05) is 18.2 Å². The second kappa shape index (κ2) is 11.7. The van der Waals surface area contributed by atoms with E-state index in [1.54, 1.807) is 6.07 Å². The lowest BCUT2D eigenvalue weighted by atomic mass is 10.2. The average molecular weight is 401 g/mol. The van der Waals surface area contributed by atoms with Crippen molar-refractivity contribution in [1.29, 1.82) is 0 Å². The van der Waals surface area contributed by atoms with Crippen molar-refractivity contribution in [3.8, 4) is 5.75 Å². The molecule has 0 bridgehead atoms. The standard InChI is InChI=1S/C21H24N2O4S/c1-2-13-26-20(25)12-11-19(24)23-21(28)22-17-9-6-10-18(14-17)27-15-16-7-4-3-5-8-16/h3-10,14H,2,11-13,15H2,1H3,(H2,22,23,24,28). The summed E-state index contributed by atoms with van der Waals surface area (Å²) in [7, 11) is 0. The summed E-state index contributed by atoms with van der Waals surface area (Å²) in [6, 6.07) is 17.1. The third-order valence-electron chi connectivity index (χ3n) is 3.62. The van der Waals surface area contributed by atoms with E-state index in [4.69, 9.17) is 21.7 Å². The SMILES string of the molecule is CCCOC(=O)CCC(=O)NC(=S)Nc1cccc(OCc2ccccc2)c1. The molecular weight excluding hydrogens is 376 g/mol. The lowest BCUT2D eigenvalue weighted by Gasteiger charge is -2.11. The Morgan fingerprint density at radius 3 is 2.57 bits per heavy atom. The zero-order chi connectivity index (χ0) is 20.2. The maximum Gasteiger partial charge on any atom is 0.306 e. The van der Waals surface area contributed by atoms with Crippen molar-refractivity contribution >= 4 is 34.9 Å². The van der Waals surface area contributed by atoms with Crippen LogP contribution in [0.25, 0.3) is 0 Å². The molecule has 2 rings (SSSR count). The van der Waals surface area contributed by atoms with Crippen LogP contribution in [0.15, 0.2) is 54.6 Å². The molecule has 0 aromatic heterocycles. The highest BCUT2D eigenvalue weighted by Gasteiger charge is 2.09. The van der Waals surface area contributed by atoms with Gasteiger partial charge in [0.25, 0.3) is 0 Å². The first-order valence-corrected chi connectivity index (χ1v) is 9.51. The fraction of sp³-hybridized carbons (Fsp3) is 0.286. The number of esters is 1. The second-order valence-corrected chi connectivity index (χ2v) is 6.43. The minimum atomic E-state index is -0.390. The Labute approximate surface area is 170 Å². The number of ether oxygens (including phenoxy) is 2. The Hall–Kier alpha value is -2.93. The Balaban J connectivity index is 1.77. The normalized spacial score (nSPS) is 10.0. The minimum absolute atomic E-state index is 0.0184. The number of nitrogens with one attached hydrogen (secondary N) is 2. The molecule has 0 aliphatic rings. The maximum absolute atomic E-state index is 11.9. The van der Waals surface area contributed by atoms with Crippen molar-refractivity contribution in [2.75, 3.05) is 11.9 Å². The Morgan fingerprint density at radius 2 is 1.82 bits per heavy atom. The predicted molar refractivity (Wildman–Crippen MR) is 112 cm³/mol. The molecule has 0 radical (unpaired) electrons. The number of anilines is 1.